The van der Waals surface area contributed by atoms with Crippen molar-refractivity contribution in [1.29, 1.82) is 0 Å². The van der Waals surface area contributed by atoms with Crippen LogP contribution in [0.2, 0.25) is 0 Å². The number of phenolic OH excluding ortho intramolecular Hbond substituents is 1. The number of hydrogen-bond donors (Lipinski definition) is 1. The van der Waals surface area contributed by atoms with E-state index in [0.29, 0.717) is 5.75 Å². The lowest BCUT2D eigenvalue weighted by molar-refractivity contribution is 0.476. The molecule has 0 atom stereocenters. The molecule has 0 saturated heterocycles. The minimum absolute atomic E-state index is 0.302. The molecule has 0 aromatic heterocycles. The highest BCUT2D eigenvalue weighted by molar-refractivity contribution is 6.08. The number of benzene rings is 3. The van der Waals surface area contributed by atoms with Crippen LogP contribution < -0.4 is 0 Å². The topological polar surface area (TPSA) is 32.6 Å². The third-order valence-corrected chi connectivity index (χ3v) is 3.76. The molecule has 3 aromatic carbocycles. The second-order valence-corrected chi connectivity index (χ2v) is 5.11. The van der Waals surface area contributed by atoms with E-state index >= 15 is 0 Å². The van der Waals surface area contributed by atoms with Crippen molar-refractivity contribution in [2.24, 2.45) is 4.99 Å². The normalized spacial score (nSPS) is 13.3. The van der Waals surface area contributed by atoms with Gasteiger partial charge in [-0.25, -0.2) is 0 Å². The molecule has 1 aliphatic rings. The molecular weight excluding hydrogens is 246 g/mol. The predicted octanol–water partition coefficient (Wildman–Crippen LogP) is 4.22. The van der Waals surface area contributed by atoms with E-state index in [2.05, 4.69) is 30.3 Å². The molecule has 3 aromatic rings. The van der Waals surface area contributed by atoms with E-state index < -0.39 is 0 Å². The van der Waals surface area contributed by atoms with E-state index in [1.54, 1.807) is 12.1 Å². The second kappa shape index (κ2) is 4.20. The van der Waals surface area contributed by atoms with Crippen LogP contribution in [0, 0.1) is 0 Å². The van der Waals surface area contributed by atoms with Crippen molar-refractivity contribution >= 4 is 22.2 Å². The summed E-state index contributed by atoms with van der Waals surface area (Å²) in [5.41, 5.74) is 4.63. The van der Waals surface area contributed by atoms with Crippen molar-refractivity contribution < 1.29 is 5.11 Å². The predicted molar refractivity (Wildman–Crippen MR) is 82.0 cm³/mol. The standard InChI is InChI=1S/C18H13NO/c20-16-8-7-12-9-15(6-5-13(12)10-16)18-11-14-3-1-2-4-17(14)19-18/h1-10,20H,11H2. The first-order valence-corrected chi connectivity index (χ1v) is 6.68. The van der Waals surface area contributed by atoms with Crippen molar-refractivity contribution in [3.8, 4) is 5.75 Å². The summed E-state index contributed by atoms with van der Waals surface area (Å²) in [6.07, 6.45) is 0.889. The third kappa shape index (κ3) is 1.77. The maximum atomic E-state index is 9.51. The third-order valence-electron chi connectivity index (χ3n) is 3.76. The molecule has 0 aliphatic carbocycles. The van der Waals surface area contributed by atoms with Gasteiger partial charge in [-0.15, -0.1) is 0 Å². The van der Waals surface area contributed by atoms with Crippen LogP contribution in [-0.4, -0.2) is 10.8 Å². The molecule has 0 amide bonds. The summed E-state index contributed by atoms with van der Waals surface area (Å²) in [5, 5.41) is 11.7. The first kappa shape index (κ1) is 11.2. The zero-order chi connectivity index (χ0) is 13.5. The Labute approximate surface area is 117 Å². The van der Waals surface area contributed by atoms with Gasteiger partial charge in [-0.3, -0.25) is 4.99 Å². The van der Waals surface area contributed by atoms with E-state index in [1.165, 1.54) is 5.56 Å². The lowest BCUT2D eigenvalue weighted by Crippen LogP contribution is -1.99. The average molecular weight is 259 g/mol. The lowest BCUT2D eigenvalue weighted by atomic mass is 10.0. The van der Waals surface area contributed by atoms with Gasteiger partial charge in [0.25, 0.3) is 0 Å². The lowest BCUT2D eigenvalue weighted by Gasteiger charge is -2.04. The van der Waals surface area contributed by atoms with Crippen molar-refractivity contribution in [3.63, 3.8) is 0 Å². The van der Waals surface area contributed by atoms with Crippen molar-refractivity contribution in [2.45, 2.75) is 6.42 Å². The van der Waals surface area contributed by atoms with Crippen molar-refractivity contribution in [3.05, 3.63) is 71.8 Å². The quantitative estimate of drug-likeness (QED) is 0.697. The highest BCUT2D eigenvalue weighted by Crippen LogP contribution is 2.29. The highest BCUT2D eigenvalue weighted by atomic mass is 16.3. The number of hydrogen-bond acceptors (Lipinski definition) is 2. The Hall–Kier alpha value is -2.61. The smallest absolute Gasteiger partial charge is 0.116 e. The SMILES string of the molecule is Oc1ccc2cc(C3=Nc4ccccc4C3)ccc2c1. The summed E-state index contributed by atoms with van der Waals surface area (Å²) in [6.45, 7) is 0. The Bertz CT molecular complexity index is 849. The van der Waals surface area contributed by atoms with Gasteiger partial charge in [-0.05, 0) is 46.2 Å². The molecule has 1 N–H and O–H groups in total. The summed E-state index contributed by atoms with van der Waals surface area (Å²) < 4.78 is 0. The summed E-state index contributed by atoms with van der Waals surface area (Å²) in [7, 11) is 0. The van der Waals surface area contributed by atoms with E-state index in [9.17, 15) is 5.11 Å². The zero-order valence-electron chi connectivity index (χ0n) is 10.9. The molecule has 0 fully saturated rings. The molecule has 0 saturated carbocycles. The van der Waals surface area contributed by atoms with Gasteiger partial charge in [-0.2, -0.15) is 0 Å². The molecule has 0 bridgehead atoms. The molecule has 20 heavy (non-hydrogen) atoms. The summed E-state index contributed by atoms with van der Waals surface area (Å²) in [4.78, 5) is 4.71. The van der Waals surface area contributed by atoms with Gasteiger partial charge in [0.1, 0.15) is 5.75 Å². The van der Waals surface area contributed by atoms with Gasteiger partial charge in [0.15, 0.2) is 0 Å². The maximum absolute atomic E-state index is 9.51. The average Bonchev–Trinajstić information content (AvgIpc) is 2.90. The van der Waals surface area contributed by atoms with Crippen LogP contribution in [0.1, 0.15) is 11.1 Å². The van der Waals surface area contributed by atoms with Crippen LogP contribution in [0.15, 0.2) is 65.7 Å². The van der Waals surface area contributed by atoms with Crippen LogP contribution in [0.4, 0.5) is 5.69 Å². The molecule has 4 rings (SSSR count). The fourth-order valence-corrected chi connectivity index (χ4v) is 2.71. The Morgan fingerprint density at radius 3 is 2.55 bits per heavy atom. The van der Waals surface area contributed by atoms with E-state index in [-0.39, 0.29) is 0 Å². The number of aromatic hydroxyl groups is 1. The largest absolute Gasteiger partial charge is 0.508 e. The second-order valence-electron chi connectivity index (χ2n) is 5.11. The van der Waals surface area contributed by atoms with Crippen LogP contribution >= 0.6 is 0 Å². The Kier molecular flexibility index (Phi) is 2.36. The number of aliphatic imine (C=N–C) groups is 1. The monoisotopic (exact) mass is 259 g/mol. The van der Waals surface area contributed by atoms with Crippen molar-refractivity contribution in [1.82, 2.24) is 0 Å². The number of phenols is 1. The number of fused-ring (bicyclic) bond motifs is 2. The summed E-state index contributed by atoms with van der Waals surface area (Å²) in [6, 6.07) is 20.0. The Balaban J connectivity index is 1.79. The molecule has 1 heterocycles. The Morgan fingerprint density at radius 2 is 1.65 bits per heavy atom. The fraction of sp³-hybridized carbons (Fsp3) is 0.0556. The number of nitrogens with zero attached hydrogens (tertiary/aromatic N) is 1. The molecule has 2 heteroatoms. The molecule has 96 valence electrons. The minimum Gasteiger partial charge on any atom is -0.508 e. The molecule has 2 nitrogen and oxygen atoms in total. The van der Waals surface area contributed by atoms with Gasteiger partial charge in [-0.1, -0.05) is 36.4 Å². The minimum atomic E-state index is 0.302. The van der Waals surface area contributed by atoms with Crippen molar-refractivity contribution in [2.75, 3.05) is 0 Å². The van der Waals surface area contributed by atoms with E-state index in [4.69, 9.17) is 4.99 Å². The Morgan fingerprint density at radius 1 is 0.850 bits per heavy atom. The number of para-hydroxylation sites is 1. The first-order valence-electron chi connectivity index (χ1n) is 6.68. The summed E-state index contributed by atoms with van der Waals surface area (Å²) >= 11 is 0. The van der Waals surface area contributed by atoms with Gasteiger partial charge < -0.3 is 5.11 Å². The maximum Gasteiger partial charge on any atom is 0.116 e. The van der Waals surface area contributed by atoms with Gasteiger partial charge in [0.05, 0.1) is 11.4 Å². The molecule has 0 spiro atoms. The van der Waals surface area contributed by atoms with E-state index in [1.807, 2.05) is 18.2 Å². The highest BCUT2D eigenvalue weighted by Gasteiger charge is 2.15. The van der Waals surface area contributed by atoms with Gasteiger partial charge >= 0.3 is 0 Å². The van der Waals surface area contributed by atoms with Crippen LogP contribution in [0.3, 0.4) is 0 Å². The molecule has 0 radical (unpaired) electrons. The van der Waals surface area contributed by atoms with Crippen LogP contribution in [0.5, 0.6) is 5.75 Å². The van der Waals surface area contributed by atoms with Crippen LogP contribution in [-0.2, 0) is 6.42 Å². The molecule has 1 aliphatic heterocycles. The molecular formula is C18H13NO. The van der Waals surface area contributed by atoms with Gasteiger partial charge in [0.2, 0.25) is 0 Å². The summed E-state index contributed by atoms with van der Waals surface area (Å²) in [5.74, 6) is 0.302. The fourth-order valence-electron chi connectivity index (χ4n) is 2.71. The first-order chi connectivity index (χ1) is 9.79. The van der Waals surface area contributed by atoms with E-state index in [0.717, 1.165) is 34.2 Å². The zero-order valence-corrected chi connectivity index (χ0v) is 10.9. The van der Waals surface area contributed by atoms with Crippen LogP contribution in [0.25, 0.3) is 10.8 Å². The molecule has 0 unspecified atom stereocenters. The number of rotatable bonds is 1. The van der Waals surface area contributed by atoms with Gasteiger partial charge in [0, 0.05) is 6.42 Å².